The van der Waals surface area contributed by atoms with Crippen molar-refractivity contribution >= 4 is 45.9 Å². The maximum Gasteiger partial charge on any atom is 0.273 e. The summed E-state index contributed by atoms with van der Waals surface area (Å²) in [5.41, 5.74) is 0.827. The zero-order valence-corrected chi connectivity index (χ0v) is 17.7. The molecule has 150 valence electrons. The molecule has 9 heteroatoms. The van der Waals surface area contributed by atoms with Crippen LogP contribution in [0.15, 0.2) is 64.6 Å². The van der Waals surface area contributed by atoms with Crippen molar-refractivity contribution < 1.29 is 18.9 Å². The summed E-state index contributed by atoms with van der Waals surface area (Å²) in [6.07, 6.45) is 1.32. The van der Waals surface area contributed by atoms with Gasteiger partial charge in [0.05, 0.1) is 23.7 Å². The van der Waals surface area contributed by atoms with Gasteiger partial charge >= 0.3 is 0 Å². The predicted octanol–water partition coefficient (Wildman–Crippen LogP) is 5.01. The van der Waals surface area contributed by atoms with Crippen LogP contribution in [0.25, 0.3) is 17.4 Å². The molecule has 0 atom stereocenters. The van der Waals surface area contributed by atoms with Gasteiger partial charge in [-0.1, -0.05) is 0 Å². The van der Waals surface area contributed by atoms with Gasteiger partial charge in [-0.3, -0.25) is 14.9 Å². The SMILES string of the molecule is COc1cc([N+](=O)[O-])ccc1-c1ccc(/C=C(\C#N)C(=O)Nc2ccc(I)cc2)o1. The minimum absolute atomic E-state index is 0.110. The summed E-state index contributed by atoms with van der Waals surface area (Å²) in [6, 6.07) is 16.4. The van der Waals surface area contributed by atoms with Crippen molar-refractivity contribution in [3.05, 3.63) is 79.6 Å². The van der Waals surface area contributed by atoms with Crippen molar-refractivity contribution in [2.24, 2.45) is 0 Å². The molecule has 1 aromatic heterocycles. The van der Waals surface area contributed by atoms with Crippen LogP contribution in [0.3, 0.4) is 0 Å². The van der Waals surface area contributed by atoms with E-state index in [4.69, 9.17) is 9.15 Å². The number of non-ortho nitro benzene ring substituents is 1. The number of benzene rings is 2. The van der Waals surface area contributed by atoms with Crippen molar-refractivity contribution in [1.82, 2.24) is 0 Å². The predicted molar refractivity (Wildman–Crippen MR) is 119 cm³/mol. The number of anilines is 1. The molecular weight excluding hydrogens is 501 g/mol. The first-order chi connectivity index (χ1) is 14.4. The summed E-state index contributed by atoms with van der Waals surface area (Å²) < 4.78 is 11.9. The third kappa shape index (κ3) is 4.84. The van der Waals surface area contributed by atoms with Crippen LogP contribution in [0.2, 0.25) is 0 Å². The third-order valence-corrected chi connectivity index (χ3v) is 4.76. The van der Waals surface area contributed by atoms with Crippen molar-refractivity contribution in [2.75, 3.05) is 12.4 Å². The number of hydrogen-bond acceptors (Lipinski definition) is 6. The zero-order chi connectivity index (χ0) is 21.7. The maximum atomic E-state index is 12.4. The molecule has 3 aromatic rings. The fourth-order valence-electron chi connectivity index (χ4n) is 2.59. The molecule has 0 bridgehead atoms. The highest BCUT2D eigenvalue weighted by molar-refractivity contribution is 14.1. The molecule has 0 radical (unpaired) electrons. The highest BCUT2D eigenvalue weighted by Crippen LogP contribution is 2.34. The van der Waals surface area contributed by atoms with Crippen LogP contribution in [0.4, 0.5) is 11.4 Å². The molecule has 0 aliphatic carbocycles. The molecule has 0 aliphatic rings. The highest BCUT2D eigenvalue weighted by atomic mass is 127. The molecule has 1 amide bonds. The average Bonchev–Trinajstić information content (AvgIpc) is 3.21. The van der Waals surface area contributed by atoms with Crippen LogP contribution < -0.4 is 10.1 Å². The number of nitrogens with one attached hydrogen (secondary N) is 1. The van der Waals surface area contributed by atoms with E-state index in [0.717, 1.165) is 3.57 Å². The van der Waals surface area contributed by atoms with Crippen molar-refractivity contribution in [2.45, 2.75) is 0 Å². The number of amides is 1. The second kappa shape index (κ2) is 9.23. The number of carbonyl (C=O) groups excluding carboxylic acids is 1. The number of nitriles is 1. The van der Waals surface area contributed by atoms with Crippen LogP contribution in [0.5, 0.6) is 5.75 Å². The van der Waals surface area contributed by atoms with Gasteiger partial charge in [-0.2, -0.15) is 5.26 Å². The molecule has 3 rings (SSSR count). The van der Waals surface area contributed by atoms with E-state index >= 15 is 0 Å². The van der Waals surface area contributed by atoms with Gasteiger partial charge < -0.3 is 14.5 Å². The number of hydrogen-bond donors (Lipinski definition) is 1. The third-order valence-electron chi connectivity index (χ3n) is 4.04. The molecule has 0 spiro atoms. The standard InChI is InChI=1S/C21H14IN3O5/c1-29-20-11-16(25(27)28)6-8-18(20)19-9-7-17(30-19)10-13(12-23)21(26)24-15-4-2-14(22)3-5-15/h2-11H,1H3,(H,24,26)/b13-10+. The Kier molecular flexibility index (Phi) is 6.48. The normalized spacial score (nSPS) is 10.9. The van der Waals surface area contributed by atoms with Crippen molar-refractivity contribution in [3.8, 4) is 23.1 Å². The lowest BCUT2D eigenvalue weighted by Gasteiger charge is -2.06. The number of furan rings is 1. The molecule has 0 aliphatic heterocycles. The van der Waals surface area contributed by atoms with Gasteiger partial charge in [0.1, 0.15) is 28.9 Å². The lowest BCUT2D eigenvalue weighted by molar-refractivity contribution is -0.384. The summed E-state index contributed by atoms with van der Waals surface area (Å²) in [5, 5.41) is 23.0. The van der Waals surface area contributed by atoms with Crippen LogP contribution in [-0.2, 0) is 4.79 Å². The molecule has 1 heterocycles. The van der Waals surface area contributed by atoms with Crippen molar-refractivity contribution in [1.29, 1.82) is 5.26 Å². The molecule has 0 fully saturated rings. The number of nitrogens with zero attached hydrogens (tertiary/aromatic N) is 2. The maximum absolute atomic E-state index is 12.4. The summed E-state index contributed by atoms with van der Waals surface area (Å²) in [6.45, 7) is 0. The number of rotatable bonds is 6. The number of methoxy groups -OCH3 is 1. The Hall–Kier alpha value is -3.65. The van der Waals surface area contributed by atoms with E-state index < -0.39 is 10.8 Å². The summed E-state index contributed by atoms with van der Waals surface area (Å²) in [7, 11) is 1.40. The summed E-state index contributed by atoms with van der Waals surface area (Å²) in [4.78, 5) is 22.8. The Morgan fingerprint density at radius 2 is 1.97 bits per heavy atom. The Bertz CT molecular complexity index is 1180. The summed E-state index contributed by atoms with van der Waals surface area (Å²) in [5.74, 6) is 0.360. The average molecular weight is 515 g/mol. The van der Waals surface area contributed by atoms with E-state index in [1.807, 2.05) is 18.2 Å². The molecular formula is C21H14IN3O5. The van der Waals surface area contributed by atoms with E-state index in [0.29, 0.717) is 17.0 Å². The van der Waals surface area contributed by atoms with Gasteiger partial charge in [0.25, 0.3) is 11.6 Å². The van der Waals surface area contributed by atoms with Crippen LogP contribution in [0, 0.1) is 25.0 Å². The van der Waals surface area contributed by atoms with Crippen LogP contribution in [-0.4, -0.2) is 17.9 Å². The van der Waals surface area contributed by atoms with Gasteiger partial charge in [-0.05, 0) is 65.1 Å². The molecule has 30 heavy (non-hydrogen) atoms. The Labute approximate surface area is 185 Å². The minimum Gasteiger partial charge on any atom is -0.496 e. The van der Waals surface area contributed by atoms with E-state index in [2.05, 4.69) is 27.9 Å². The molecule has 8 nitrogen and oxygen atoms in total. The topological polar surface area (TPSA) is 118 Å². The quantitative estimate of drug-likeness (QED) is 0.162. The van der Waals surface area contributed by atoms with Crippen molar-refractivity contribution in [3.63, 3.8) is 0 Å². The molecule has 0 saturated heterocycles. The van der Waals surface area contributed by atoms with Crippen LogP contribution in [0.1, 0.15) is 5.76 Å². The second-order valence-electron chi connectivity index (χ2n) is 5.97. The number of halogens is 1. The zero-order valence-electron chi connectivity index (χ0n) is 15.6. The largest absolute Gasteiger partial charge is 0.496 e. The monoisotopic (exact) mass is 515 g/mol. The lowest BCUT2D eigenvalue weighted by atomic mass is 10.1. The number of ether oxygens (including phenoxy) is 1. The summed E-state index contributed by atoms with van der Waals surface area (Å²) >= 11 is 2.15. The van der Waals surface area contributed by atoms with Crippen LogP contribution >= 0.6 is 22.6 Å². The van der Waals surface area contributed by atoms with E-state index in [-0.39, 0.29) is 22.8 Å². The second-order valence-corrected chi connectivity index (χ2v) is 7.22. The Morgan fingerprint density at radius 1 is 1.23 bits per heavy atom. The highest BCUT2D eigenvalue weighted by Gasteiger charge is 2.16. The molecule has 1 N–H and O–H groups in total. The van der Waals surface area contributed by atoms with Gasteiger partial charge in [0.15, 0.2) is 0 Å². The lowest BCUT2D eigenvalue weighted by Crippen LogP contribution is -2.13. The fraction of sp³-hybridized carbons (Fsp3) is 0.0476. The first-order valence-electron chi connectivity index (χ1n) is 8.52. The first kappa shape index (κ1) is 21.1. The molecule has 0 unspecified atom stereocenters. The van der Waals surface area contributed by atoms with E-state index in [1.165, 1.54) is 31.4 Å². The number of carbonyl (C=O) groups is 1. The van der Waals surface area contributed by atoms with Gasteiger partial charge in [0, 0.05) is 21.4 Å². The Morgan fingerprint density at radius 3 is 2.60 bits per heavy atom. The van der Waals surface area contributed by atoms with Gasteiger partial charge in [-0.25, -0.2) is 0 Å². The molecule has 0 saturated carbocycles. The minimum atomic E-state index is -0.565. The van der Waals surface area contributed by atoms with E-state index in [1.54, 1.807) is 24.3 Å². The molecule has 2 aromatic carbocycles. The smallest absolute Gasteiger partial charge is 0.273 e. The Balaban J connectivity index is 1.85. The van der Waals surface area contributed by atoms with Gasteiger partial charge in [-0.15, -0.1) is 0 Å². The van der Waals surface area contributed by atoms with Gasteiger partial charge in [0.2, 0.25) is 0 Å². The first-order valence-corrected chi connectivity index (χ1v) is 9.60. The number of nitro benzene ring substituents is 1. The number of nitro groups is 1. The fourth-order valence-corrected chi connectivity index (χ4v) is 2.95. The van der Waals surface area contributed by atoms with E-state index in [9.17, 15) is 20.2 Å².